The lowest BCUT2D eigenvalue weighted by Gasteiger charge is -2.07. The highest BCUT2D eigenvalue weighted by Crippen LogP contribution is 2.54. The molecule has 1 aromatic heterocycles. The summed E-state index contributed by atoms with van der Waals surface area (Å²) >= 11 is 0. The molecule has 3 rings (SSSR count). The monoisotopic (exact) mass is 205 g/mol. The highest BCUT2D eigenvalue weighted by molar-refractivity contribution is 5.14. The van der Waals surface area contributed by atoms with E-state index < -0.39 is 0 Å². The summed E-state index contributed by atoms with van der Waals surface area (Å²) in [6.07, 6.45) is 6.42. The van der Waals surface area contributed by atoms with Crippen LogP contribution in [0.5, 0.6) is 0 Å². The van der Waals surface area contributed by atoms with E-state index in [0.717, 1.165) is 24.2 Å². The van der Waals surface area contributed by atoms with Gasteiger partial charge in [-0.2, -0.15) is 0 Å². The van der Waals surface area contributed by atoms with Gasteiger partial charge in [0.1, 0.15) is 0 Å². The SMILES string of the molecule is CC[C@H]1[C@H]2CCc3nnn(C)c3CC[C@@H]12. The van der Waals surface area contributed by atoms with Crippen molar-refractivity contribution in [1.82, 2.24) is 15.0 Å². The van der Waals surface area contributed by atoms with Crippen LogP contribution in [0.3, 0.4) is 0 Å². The molecule has 15 heavy (non-hydrogen) atoms. The molecule has 2 aliphatic rings. The number of rotatable bonds is 1. The second-order valence-electron chi connectivity index (χ2n) is 5.08. The first kappa shape index (κ1) is 9.37. The van der Waals surface area contributed by atoms with Crippen LogP contribution in [-0.4, -0.2) is 15.0 Å². The van der Waals surface area contributed by atoms with Gasteiger partial charge >= 0.3 is 0 Å². The zero-order chi connectivity index (χ0) is 10.4. The van der Waals surface area contributed by atoms with E-state index in [-0.39, 0.29) is 0 Å². The minimum atomic E-state index is 1.00. The van der Waals surface area contributed by atoms with E-state index in [2.05, 4.69) is 17.2 Å². The van der Waals surface area contributed by atoms with Gasteiger partial charge in [0.25, 0.3) is 0 Å². The lowest BCUT2D eigenvalue weighted by Crippen LogP contribution is -2.04. The summed E-state index contributed by atoms with van der Waals surface area (Å²) in [5.41, 5.74) is 2.65. The van der Waals surface area contributed by atoms with E-state index in [1.54, 1.807) is 0 Å². The second-order valence-corrected chi connectivity index (χ2v) is 5.08. The van der Waals surface area contributed by atoms with Gasteiger partial charge in [-0.15, -0.1) is 5.10 Å². The number of nitrogens with zero attached hydrogens (tertiary/aromatic N) is 3. The number of hydrogen-bond donors (Lipinski definition) is 0. The first-order valence-corrected chi connectivity index (χ1v) is 6.18. The van der Waals surface area contributed by atoms with Crippen molar-refractivity contribution in [3.8, 4) is 0 Å². The summed E-state index contributed by atoms with van der Waals surface area (Å²) < 4.78 is 1.97. The predicted molar refractivity (Wildman–Crippen MR) is 58.4 cm³/mol. The van der Waals surface area contributed by atoms with Gasteiger partial charge in [0.2, 0.25) is 0 Å². The van der Waals surface area contributed by atoms with Crippen molar-refractivity contribution < 1.29 is 0 Å². The molecule has 0 bridgehead atoms. The maximum absolute atomic E-state index is 4.27. The van der Waals surface area contributed by atoms with Gasteiger partial charge in [0.15, 0.2) is 0 Å². The fraction of sp³-hybridized carbons (Fsp3) is 0.833. The minimum absolute atomic E-state index is 1.00. The molecular formula is C12H19N3. The van der Waals surface area contributed by atoms with Crippen molar-refractivity contribution >= 4 is 0 Å². The molecule has 0 aromatic carbocycles. The Hall–Kier alpha value is -0.860. The molecule has 3 nitrogen and oxygen atoms in total. The maximum Gasteiger partial charge on any atom is 0.0859 e. The first-order valence-electron chi connectivity index (χ1n) is 6.18. The van der Waals surface area contributed by atoms with E-state index in [9.17, 15) is 0 Å². The van der Waals surface area contributed by atoms with Crippen LogP contribution in [0.25, 0.3) is 0 Å². The smallest absolute Gasteiger partial charge is 0.0859 e. The molecule has 3 heteroatoms. The average molecular weight is 205 g/mol. The second kappa shape index (κ2) is 3.32. The number of fused-ring (bicyclic) bond motifs is 2. The number of aromatic nitrogens is 3. The van der Waals surface area contributed by atoms with Gasteiger partial charge in [-0.3, -0.25) is 4.68 Å². The fourth-order valence-corrected chi connectivity index (χ4v) is 3.51. The van der Waals surface area contributed by atoms with Crippen molar-refractivity contribution in [1.29, 1.82) is 0 Å². The molecule has 0 radical (unpaired) electrons. The van der Waals surface area contributed by atoms with Crippen molar-refractivity contribution in [2.24, 2.45) is 24.8 Å². The minimum Gasteiger partial charge on any atom is -0.252 e. The highest BCUT2D eigenvalue weighted by Gasteiger charge is 2.48. The van der Waals surface area contributed by atoms with Gasteiger partial charge < -0.3 is 0 Å². The van der Waals surface area contributed by atoms with Crippen molar-refractivity contribution in [2.45, 2.75) is 39.0 Å². The zero-order valence-corrected chi connectivity index (χ0v) is 9.61. The molecule has 0 unspecified atom stereocenters. The summed E-state index contributed by atoms with van der Waals surface area (Å²) in [5, 5.41) is 8.40. The van der Waals surface area contributed by atoms with Crippen LogP contribution in [0.4, 0.5) is 0 Å². The van der Waals surface area contributed by atoms with Crippen molar-refractivity contribution in [2.75, 3.05) is 0 Å². The molecule has 0 spiro atoms. The standard InChI is InChI=1S/C12H19N3/c1-3-8-9-4-6-11-12(7-5-10(8)9)15(2)14-13-11/h8-10H,3-7H2,1-2H3/t8-,9+,10-/m0/s1. The normalized spacial score (nSPS) is 33.9. The molecule has 0 saturated heterocycles. The molecule has 0 aliphatic heterocycles. The van der Waals surface area contributed by atoms with Gasteiger partial charge in [-0.1, -0.05) is 18.6 Å². The topological polar surface area (TPSA) is 30.7 Å². The van der Waals surface area contributed by atoms with Gasteiger partial charge in [0.05, 0.1) is 11.4 Å². The quantitative estimate of drug-likeness (QED) is 0.701. The summed E-state index contributed by atoms with van der Waals surface area (Å²) in [5.74, 6) is 3.04. The summed E-state index contributed by atoms with van der Waals surface area (Å²) in [6, 6.07) is 0. The third-order valence-corrected chi connectivity index (χ3v) is 4.43. The Morgan fingerprint density at radius 2 is 2.00 bits per heavy atom. The van der Waals surface area contributed by atoms with E-state index in [1.165, 1.54) is 37.1 Å². The van der Waals surface area contributed by atoms with Crippen molar-refractivity contribution in [3.63, 3.8) is 0 Å². The Morgan fingerprint density at radius 1 is 1.27 bits per heavy atom. The Labute approximate surface area is 90.9 Å². The summed E-state index contributed by atoms with van der Waals surface area (Å²) in [6.45, 7) is 2.34. The van der Waals surface area contributed by atoms with Crippen LogP contribution in [0.1, 0.15) is 37.6 Å². The molecule has 0 N–H and O–H groups in total. The van der Waals surface area contributed by atoms with Gasteiger partial charge in [0, 0.05) is 7.05 Å². The number of aryl methyl sites for hydroxylation is 2. The van der Waals surface area contributed by atoms with E-state index in [1.807, 2.05) is 11.7 Å². The third kappa shape index (κ3) is 1.40. The Morgan fingerprint density at radius 3 is 2.73 bits per heavy atom. The lowest BCUT2D eigenvalue weighted by molar-refractivity contribution is 0.566. The van der Waals surface area contributed by atoms with Gasteiger partial charge in [-0.25, -0.2) is 0 Å². The molecule has 0 amide bonds. The largest absolute Gasteiger partial charge is 0.252 e. The van der Waals surface area contributed by atoms with Crippen molar-refractivity contribution in [3.05, 3.63) is 11.4 Å². The average Bonchev–Trinajstić information content (AvgIpc) is 2.76. The van der Waals surface area contributed by atoms with Crippen LogP contribution in [0.2, 0.25) is 0 Å². The van der Waals surface area contributed by atoms with Crippen LogP contribution in [0, 0.1) is 17.8 Å². The Bertz CT molecular complexity index is 369. The van der Waals surface area contributed by atoms with Crippen LogP contribution in [-0.2, 0) is 19.9 Å². The molecule has 1 saturated carbocycles. The molecule has 1 aromatic rings. The number of hydrogen-bond acceptors (Lipinski definition) is 2. The fourth-order valence-electron chi connectivity index (χ4n) is 3.51. The Balaban J connectivity index is 1.80. The third-order valence-electron chi connectivity index (χ3n) is 4.43. The van der Waals surface area contributed by atoms with E-state index in [0.29, 0.717) is 0 Å². The summed E-state index contributed by atoms with van der Waals surface area (Å²) in [7, 11) is 2.02. The van der Waals surface area contributed by atoms with E-state index >= 15 is 0 Å². The van der Waals surface area contributed by atoms with Gasteiger partial charge in [-0.05, 0) is 43.4 Å². The maximum atomic E-state index is 4.27. The molecule has 2 aliphatic carbocycles. The molecule has 3 atom stereocenters. The first-order chi connectivity index (χ1) is 7.31. The molecule has 1 fully saturated rings. The van der Waals surface area contributed by atoms with Crippen LogP contribution < -0.4 is 0 Å². The summed E-state index contributed by atoms with van der Waals surface area (Å²) in [4.78, 5) is 0. The molecular weight excluding hydrogens is 186 g/mol. The molecule has 1 heterocycles. The highest BCUT2D eigenvalue weighted by atomic mass is 15.4. The van der Waals surface area contributed by atoms with E-state index in [4.69, 9.17) is 0 Å². The Kier molecular flexibility index (Phi) is 2.08. The zero-order valence-electron chi connectivity index (χ0n) is 9.61. The molecule has 82 valence electrons. The lowest BCUT2D eigenvalue weighted by atomic mass is 10.0. The predicted octanol–water partition coefficient (Wildman–Crippen LogP) is 1.97. The van der Waals surface area contributed by atoms with Crippen LogP contribution >= 0.6 is 0 Å². The van der Waals surface area contributed by atoms with Crippen LogP contribution in [0.15, 0.2) is 0 Å².